The Kier molecular flexibility index (Phi) is 2.80. The van der Waals surface area contributed by atoms with Crippen molar-refractivity contribution in [1.29, 1.82) is 0 Å². The Labute approximate surface area is 111 Å². The van der Waals surface area contributed by atoms with Crippen molar-refractivity contribution in [3.8, 4) is 11.1 Å². The second-order valence-corrected chi connectivity index (χ2v) is 4.57. The topological polar surface area (TPSA) is 54.2 Å². The summed E-state index contributed by atoms with van der Waals surface area (Å²) in [6.45, 7) is 1.89. The van der Waals surface area contributed by atoms with E-state index in [9.17, 15) is 0 Å². The monoisotopic (exact) mass is 249 g/mol. The second kappa shape index (κ2) is 4.61. The molecule has 94 valence electrons. The number of aromatic nitrogens is 1. The standard InChI is InChI=1S/C16H15N3/c1-11(19-17)16-10-14-9-13(7-8-15(14)18-16)12-5-3-2-4-6-12/h2-10,18H,17H2,1H3/b19-11+. The maximum Gasteiger partial charge on any atom is 0.0804 e. The molecule has 0 aliphatic carbocycles. The molecular formula is C16H15N3. The summed E-state index contributed by atoms with van der Waals surface area (Å²) >= 11 is 0. The van der Waals surface area contributed by atoms with Crippen LogP contribution in [0.15, 0.2) is 59.7 Å². The van der Waals surface area contributed by atoms with Crippen molar-refractivity contribution in [3.63, 3.8) is 0 Å². The fourth-order valence-electron chi connectivity index (χ4n) is 2.21. The van der Waals surface area contributed by atoms with Gasteiger partial charge in [-0.3, -0.25) is 0 Å². The molecule has 3 heteroatoms. The third kappa shape index (κ3) is 2.10. The normalized spacial score (nSPS) is 11.9. The van der Waals surface area contributed by atoms with E-state index in [2.05, 4.69) is 46.5 Å². The van der Waals surface area contributed by atoms with Crippen LogP contribution in [0.5, 0.6) is 0 Å². The Hall–Kier alpha value is -2.55. The number of nitrogens with one attached hydrogen (secondary N) is 1. The minimum Gasteiger partial charge on any atom is -0.353 e. The van der Waals surface area contributed by atoms with Crippen LogP contribution >= 0.6 is 0 Å². The van der Waals surface area contributed by atoms with Gasteiger partial charge in [0.25, 0.3) is 0 Å². The van der Waals surface area contributed by atoms with Crippen molar-refractivity contribution in [2.24, 2.45) is 10.9 Å². The minimum atomic E-state index is 0.803. The van der Waals surface area contributed by atoms with Crippen LogP contribution in [0.4, 0.5) is 0 Å². The lowest BCUT2D eigenvalue weighted by molar-refractivity contribution is 1.22. The van der Waals surface area contributed by atoms with Gasteiger partial charge < -0.3 is 10.8 Å². The quantitative estimate of drug-likeness (QED) is 0.407. The Balaban J connectivity index is 2.11. The van der Waals surface area contributed by atoms with Gasteiger partial charge >= 0.3 is 0 Å². The molecule has 19 heavy (non-hydrogen) atoms. The van der Waals surface area contributed by atoms with Crippen molar-refractivity contribution < 1.29 is 0 Å². The smallest absolute Gasteiger partial charge is 0.0804 e. The summed E-state index contributed by atoms with van der Waals surface area (Å²) in [5.74, 6) is 5.31. The van der Waals surface area contributed by atoms with Gasteiger partial charge in [0.2, 0.25) is 0 Å². The number of fused-ring (bicyclic) bond motifs is 1. The molecule has 0 radical (unpaired) electrons. The molecule has 1 heterocycles. The summed E-state index contributed by atoms with van der Waals surface area (Å²) in [6.07, 6.45) is 0. The maximum atomic E-state index is 5.31. The lowest BCUT2D eigenvalue weighted by Gasteiger charge is -2.00. The van der Waals surface area contributed by atoms with Crippen molar-refractivity contribution in [1.82, 2.24) is 4.98 Å². The van der Waals surface area contributed by atoms with E-state index >= 15 is 0 Å². The zero-order chi connectivity index (χ0) is 13.2. The molecule has 0 aliphatic heterocycles. The molecular weight excluding hydrogens is 234 g/mol. The molecule has 2 aromatic carbocycles. The molecule has 0 unspecified atom stereocenters. The molecule has 0 atom stereocenters. The predicted octanol–water partition coefficient (Wildman–Crippen LogP) is 3.52. The van der Waals surface area contributed by atoms with Gasteiger partial charge in [-0.15, -0.1) is 0 Å². The van der Waals surface area contributed by atoms with E-state index in [1.54, 1.807) is 0 Å². The van der Waals surface area contributed by atoms with Crippen molar-refractivity contribution in [2.75, 3.05) is 0 Å². The summed E-state index contributed by atoms with van der Waals surface area (Å²) in [4.78, 5) is 3.31. The average molecular weight is 249 g/mol. The molecule has 0 bridgehead atoms. The molecule has 0 spiro atoms. The first-order chi connectivity index (χ1) is 9.28. The van der Waals surface area contributed by atoms with Crippen LogP contribution in [0.1, 0.15) is 12.6 Å². The predicted molar refractivity (Wildman–Crippen MR) is 80.1 cm³/mol. The first-order valence-electron chi connectivity index (χ1n) is 6.21. The SMILES string of the molecule is C/C(=N\N)c1cc2cc(-c3ccccc3)ccc2[nH]1. The fourth-order valence-corrected chi connectivity index (χ4v) is 2.21. The van der Waals surface area contributed by atoms with E-state index in [0.717, 1.165) is 16.9 Å². The van der Waals surface area contributed by atoms with Gasteiger partial charge in [0, 0.05) is 10.9 Å². The second-order valence-electron chi connectivity index (χ2n) is 4.57. The molecule has 0 aliphatic rings. The summed E-state index contributed by atoms with van der Waals surface area (Å²) in [5.41, 5.74) is 5.29. The molecule has 0 saturated carbocycles. The highest BCUT2D eigenvalue weighted by atomic mass is 15.1. The van der Waals surface area contributed by atoms with E-state index in [1.165, 1.54) is 16.5 Å². The molecule has 0 fully saturated rings. The van der Waals surface area contributed by atoms with Gasteiger partial charge in [-0.05, 0) is 36.2 Å². The van der Waals surface area contributed by atoms with E-state index in [0.29, 0.717) is 0 Å². The zero-order valence-corrected chi connectivity index (χ0v) is 10.7. The van der Waals surface area contributed by atoms with Crippen LogP contribution in [0.2, 0.25) is 0 Å². The van der Waals surface area contributed by atoms with Gasteiger partial charge in [0.15, 0.2) is 0 Å². The molecule has 0 amide bonds. The Morgan fingerprint density at radius 1 is 1.00 bits per heavy atom. The number of H-pyrrole nitrogens is 1. The zero-order valence-electron chi connectivity index (χ0n) is 10.7. The number of hydrazone groups is 1. The molecule has 3 N–H and O–H groups in total. The van der Waals surface area contributed by atoms with Gasteiger partial charge in [0.05, 0.1) is 11.4 Å². The average Bonchev–Trinajstić information content (AvgIpc) is 2.90. The summed E-state index contributed by atoms with van der Waals surface area (Å²) in [7, 11) is 0. The number of hydrogen-bond acceptors (Lipinski definition) is 2. The van der Waals surface area contributed by atoms with Crippen LogP contribution in [-0.2, 0) is 0 Å². The van der Waals surface area contributed by atoms with E-state index in [4.69, 9.17) is 5.84 Å². The number of benzene rings is 2. The minimum absolute atomic E-state index is 0.803. The first kappa shape index (κ1) is 11.5. The highest BCUT2D eigenvalue weighted by molar-refractivity contribution is 6.01. The molecule has 0 saturated heterocycles. The van der Waals surface area contributed by atoms with Crippen molar-refractivity contribution in [3.05, 3.63) is 60.3 Å². The molecule has 3 rings (SSSR count). The van der Waals surface area contributed by atoms with Crippen molar-refractivity contribution in [2.45, 2.75) is 6.92 Å². The Morgan fingerprint density at radius 3 is 2.53 bits per heavy atom. The van der Waals surface area contributed by atoms with Crippen LogP contribution in [0.3, 0.4) is 0 Å². The number of rotatable bonds is 2. The third-order valence-electron chi connectivity index (χ3n) is 3.31. The van der Waals surface area contributed by atoms with Gasteiger partial charge in [-0.2, -0.15) is 5.10 Å². The first-order valence-corrected chi connectivity index (χ1v) is 6.21. The molecule has 3 aromatic rings. The Morgan fingerprint density at radius 2 is 1.79 bits per heavy atom. The summed E-state index contributed by atoms with van der Waals surface area (Å²) < 4.78 is 0. The van der Waals surface area contributed by atoms with E-state index in [1.807, 2.05) is 25.1 Å². The van der Waals surface area contributed by atoms with E-state index in [-0.39, 0.29) is 0 Å². The number of nitrogens with zero attached hydrogens (tertiary/aromatic N) is 1. The number of hydrogen-bond donors (Lipinski definition) is 2. The van der Waals surface area contributed by atoms with Crippen LogP contribution in [0.25, 0.3) is 22.0 Å². The van der Waals surface area contributed by atoms with Crippen LogP contribution in [-0.4, -0.2) is 10.7 Å². The Bertz CT molecular complexity index is 739. The fraction of sp³-hybridized carbons (Fsp3) is 0.0625. The lowest BCUT2D eigenvalue weighted by atomic mass is 10.0. The highest BCUT2D eigenvalue weighted by Crippen LogP contribution is 2.24. The third-order valence-corrected chi connectivity index (χ3v) is 3.31. The lowest BCUT2D eigenvalue weighted by Crippen LogP contribution is -1.98. The van der Waals surface area contributed by atoms with Crippen molar-refractivity contribution >= 4 is 16.6 Å². The van der Waals surface area contributed by atoms with Crippen LogP contribution < -0.4 is 5.84 Å². The molecule has 1 aromatic heterocycles. The highest BCUT2D eigenvalue weighted by Gasteiger charge is 2.05. The number of aromatic amines is 1. The maximum absolute atomic E-state index is 5.31. The largest absolute Gasteiger partial charge is 0.353 e. The van der Waals surface area contributed by atoms with E-state index < -0.39 is 0 Å². The van der Waals surface area contributed by atoms with Gasteiger partial charge in [-0.1, -0.05) is 36.4 Å². The van der Waals surface area contributed by atoms with Gasteiger partial charge in [-0.25, -0.2) is 0 Å². The van der Waals surface area contributed by atoms with Crippen LogP contribution in [0, 0.1) is 0 Å². The summed E-state index contributed by atoms with van der Waals surface area (Å²) in [5, 5.41) is 4.89. The van der Waals surface area contributed by atoms with Gasteiger partial charge in [0.1, 0.15) is 0 Å². The molecule has 3 nitrogen and oxygen atoms in total. The summed E-state index contributed by atoms with van der Waals surface area (Å²) in [6, 6.07) is 18.8. The number of nitrogens with two attached hydrogens (primary N) is 1.